The van der Waals surface area contributed by atoms with Gasteiger partial charge in [-0.2, -0.15) is 0 Å². The minimum Gasteiger partial charge on any atom is -0.377 e. The minimum absolute atomic E-state index is 0.424. The Balaban J connectivity index is 1.36. The number of nitrogens with one attached hydrogen (secondary N) is 2. The van der Waals surface area contributed by atoms with Crippen LogP contribution in [-0.2, 0) is 4.74 Å². The number of hydrogen-bond acceptors (Lipinski definition) is 2. The molecule has 1 saturated heterocycles. The van der Waals surface area contributed by atoms with Gasteiger partial charge < -0.3 is 15.4 Å². The van der Waals surface area contributed by atoms with Crippen molar-refractivity contribution in [2.24, 2.45) is 21.7 Å². The highest BCUT2D eigenvalue weighted by Crippen LogP contribution is 2.62. The smallest absolute Gasteiger partial charge is 0.191 e. The van der Waals surface area contributed by atoms with Crippen molar-refractivity contribution < 1.29 is 4.74 Å². The van der Waals surface area contributed by atoms with E-state index in [1.807, 2.05) is 7.05 Å². The van der Waals surface area contributed by atoms with E-state index >= 15 is 0 Å². The monoisotopic (exact) mass is 319 g/mol. The molecule has 4 heteroatoms. The zero-order chi connectivity index (χ0) is 16.1. The number of rotatable bonds is 2. The van der Waals surface area contributed by atoms with E-state index in [0.717, 1.165) is 12.6 Å². The van der Waals surface area contributed by atoms with Crippen LogP contribution >= 0.6 is 0 Å². The van der Waals surface area contributed by atoms with Gasteiger partial charge in [0.25, 0.3) is 0 Å². The van der Waals surface area contributed by atoms with E-state index < -0.39 is 0 Å². The number of ether oxygens (including phenoxy) is 1. The molecule has 0 amide bonds. The van der Waals surface area contributed by atoms with Crippen LogP contribution in [0.15, 0.2) is 4.99 Å². The quantitative estimate of drug-likeness (QED) is 0.607. The van der Waals surface area contributed by atoms with Crippen LogP contribution in [0.25, 0.3) is 0 Å². The fourth-order valence-electron chi connectivity index (χ4n) is 5.51. The number of nitrogens with zero attached hydrogens (tertiary/aromatic N) is 1. The number of aliphatic imine (C=N–C) groups is 1. The lowest BCUT2D eigenvalue weighted by atomic mass is 9.46. The first kappa shape index (κ1) is 15.7. The van der Waals surface area contributed by atoms with Crippen molar-refractivity contribution in [3.63, 3.8) is 0 Å². The average molecular weight is 319 g/mol. The van der Waals surface area contributed by atoms with Crippen molar-refractivity contribution in [3.05, 3.63) is 0 Å². The van der Waals surface area contributed by atoms with Gasteiger partial charge in [0.05, 0.1) is 6.10 Å². The third-order valence-corrected chi connectivity index (χ3v) is 7.23. The lowest BCUT2D eigenvalue weighted by molar-refractivity contribution is -0.171. The van der Waals surface area contributed by atoms with Crippen LogP contribution in [-0.4, -0.2) is 37.8 Å². The van der Waals surface area contributed by atoms with Crippen LogP contribution < -0.4 is 10.6 Å². The lowest BCUT2D eigenvalue weighted by Crippen LogP contribution is -2.72. The van der Waals surface area contributed by atoms with Crippen molar-refractivity contribution in [1.82, 2.24) is 10.6 Å². The minimum atomic E-state index is 0.424. The van der Waals surface area contributed by atoms with Gasteiger partial charge in [0.2, 0.25) is 0 Å². The molecule has 3 atom stereocenters. The molecule has 4 rings (SSSR count). The van der Waals surface area contributed by atoms with E-state index in [4.69, 9.17) is 4.74 Å². The van der Waals surface area contributed by atoms with Gasteiger partial charge in [-0.15, -0.1) is 0 Å². The Bertz CT molecular complexity index is 473. The Kier molecular flexibility index (Phi) is 3.86. The Morgan fingerprint density at radius 2 is 1.78 bits per heavy atom. The molecule has 4 fully saturated rings. The lowest BCUT2D eigenvalue weighted by Gasteiger charge is -2.63. The van der Waals surface area contributed by atoms with E-state index in [1.54, 1.807) is 0 Å². The maximum atomic E-state index is 6.03. The molecule has 0 aromatic heterocycles. The van der Waals surface area contributed by atoms with Gasteiger partial charge in [0.1, 0.15) is 0 Å². The highest BCUT2D eigenvalue weighted by Gasteiger charge is 2.66. The molecule has 3 saturated carbocycles. The van der Waals surface area contributed by atoms with Gasteiger partial charge in [0.15, 0.2) is 5.96 Å². The molecule has 2 N–H and O–H groups in total. The van der Waals surface area contributed by atoms with Crippen LogP contribution in [0.5, 0.6) is 0 Å². The second kappa shape index (κ2) is 5.65. The molecular weight excluding hydrogens is 286 g/mol. The molecule has 23 heavy (non-hydrogen) atoms. The van der Waals surface area contributed by atoms with E-state index in [-0.39, 0.29) is 0 Å². The van der Waals surface area contributed by atoms with Crippen molar-refractivity contribution >= 4 is 5.96 Å². The Labute approximate surface area is 140 Å². The molecule has 1 heterocycles. The summed E-state index contributed by atoms with van der Waals surface area (Å²) >= 11 is 0. The molecule has 3 unspecified atom stereocenters. The molecule has 0 aromatic rings. The zero-order valence-electron chi connectivity index (χ0n) is 15.0. The predicted octanol–water partition coefficient (Wildman–Crippen LogP) is 3.08. The maximum absolute atomic E-state index is 6.03. The Hall–Kier alpha value is -0.770. The molecule has 0 radical (unpaired) electrons. The van der Waals surface area contributed by atoms with Gasteiger partial charge in [0, 0.05) is 37.1 Å². The highest BCUT2D eigenvalue weighted by molar-refractivity contribution is 5.80. The molecule has 4 aliphatic rings. The number of guanidine groups is 1. The van der Waals surface area contributed by atoms with Gasteiger partial charge >= 0.3 is 0 Å². The normalized spacial score (nSPS) is 38.6. The molecule has 0 aromatic carbocycles. The van der Waals surface area contributed by atoms with Crippen molar-refractivity contribution in [1.29, 1.82) is 0 Å². The average Bonchev–Trinajstić information content (AvgIpc) is 2.88. The fraction of sp³-hybridized carbons (Fsp3) is 0.947. The van der Waals surface area contributed by atoms with Crippen LogP contribution in [0.4, 0.5) is 0 Å². The first-order valence-corrected chi connectivity index (χ1v) is 9.66. The molecule has 130 valence electrons. The summed E-state index contributed by atoms with van der Waals surface area (Å²) in [7, 11) is 1.91. The summed E-state index contributed by atoms with van der Waals surface area (Å²) in [6, 6.07) is 1.16. The van der Waals surface area contributed by atoms with Gasteiger partial charge in [-0.25, -0.2) is 0 Å². The second-order valence-corrected chi connectivity index (χ2v) is 9.11. The van der Waals surface area contributed by atoms with Crippen molar-refractivity contribution in [2.75, 3.05) is 13.7 Å². The standard InChI is InChI=1S/C19H33N3O/c1-18(2)10-5-13(6-11-18)21-17(20-3)22-15-14-7-12-23-16(14)19(15)8-4-9-19/h13-16H,4-12H2,1-3H3,(H2,20,21,22). The first-order chi connectivity index (χ1) is 11.0. The van der Waals surface area contributed by atoms with Crippen LogP contribution in [0.3, 0.4) is 0 Å². The van der Waals surface area contributed by atoms with Gasteiger partial charge in [-0.3, -0.25) is 4.99 Å². The van der Waals surface area contributed by atoms with Gasteiger partial charge in [-0.1, -0.05) is 20.3 Å². The van der Waals surface area contributed by atoms with E-state index in [1.165, 1.54) is 51.4 Å². The summed E-state index contributed by atoms with van der Waals surface area (Å²) in [6.45, 7) is 5.75. The summed E-state index contributed by atoms with van der Waals surface area (Å²) in [5.41, 5.74) is 0.945. The summed E-state index contributed by atoms with van der Waals surface area (Å²) in [6.07, 6.45) is 10.9. The van der Waals surface area contributed by atoms with Crippen molar-refractivity contribution in [3.8, 4) is 0 Å². The molecule has 3 aliphatic carbocycles. The van der Waals surface area contributed by atoms with Crippen LogP contribution in [0.2, 0.25) is 0 Å². The Morgan fingerprint density at radius 3 is 2.39 bits per heavy atom. The molecular formula is C19H33N3O. The fourth-order valence-corrected chi connectivity index (χ4v) is 5.51. The first-order valence-electron chi connectivity index (χ1n) is 9.66. The van der Waals surface area contributed by atoms with E-state index in [9.17, 15) is 0 Å². The molecule has 1 spiro atoms. The van der Waals surface area contributed by atoms with E-state index in [2.05, 4.69) is 29.5 Å². The molecule has 4 nitrogen and oxygen atoms in total. The summed E-state index contributed by atoms with van der Waals surface area (Å²) in [5, 5.41) is 7.50. The second-order valence-electron chi connectivity index (χ2n) is 9.11. The summed E-state index contributed by atoms with van der Waals surface area (Å²) in [5.74, 6) is 1.73. The number of fused-ring (bicyclic) bond motifs is 2. The Morgan fingerprint density at radius 1 is 1.04 bits per heavy atom. The molecule has 0 bridgehead atoms. The highest BCUT2D eigenvalue weighted by atomic mass is 16.5. The van der Waals surface area contributed by atoms with E-state index in [0.29, 0.717) is 34.9 Å². The number of hydrogen-bond donors (Lipinski definition) is 2. The summed E-state index contributed by atoms with van der Waals surface area (Å²) in [4.78, 5) is 4.53. The maximum Gasteiger partial charge on any atom is 0.191 e. The molecule has 1 aliphatic heterocycles. The van der Waals surface area contributed by atoms with Gasteiger partial charge in [-0.05, 0) is 50.4 Å². The SMILES string of the molecule is CN=C(NC1CCC(C)(C)CC1)NC1C2CCOC2C12CCC2. The summed E-state index contributed by atoms with van der Waals surface area (Å²) < 4.78 is 6.03. The zero-order valence-corrected chi connectivity index (χ0v) is 15.0. The third-order valence-electron chi connectivity index (χ3n) is 7.23. The predicted molar refractivity (Wildman–Crippen MR) is 93.6 cm³/mol. The third kappa shape index (κ3) is 2.57. The topological polar surface area (TPSA) is 45.7 Å². The van der Waals surface area contributed by atoms with Crippen LogP contribution in [0.1, 0.15) is 65.2 Å². The van der Waals surface area contributed by atoms with Crippen molar-refractivity contribution in [2.45, 2.75) is 83.4 Å². The van der Waals surface area contributed by atoms with Crippen LogP contribution in [0, 0.1) is 16.7 Å². The largest absolute Gasteiger partial charge is 0.377 e.